The molecule has 0 bridgehead atoms. The fourth-order valence-electron chi connectivity index (χ4n) is 2.14. The average molecular weight is 291 g/mol. The van der Waals surface area contributed by atoms with Crippen molar-refractivity contribution >= 4 is 17.3 Å². The van der Waals surface area contributed by atoms with Crippen LogP contribution in [-0.4, -0.2) is 18.2 Å². The van der Waals surface area contributed by atoms with E-state index in [1.165, 1.54) is 0 Å². The first-order chi connectivity index (χ1) is 9.74. The van der Waals surface area contributed by atoms with Gasteiger partial charge in [0.05, 0.1) is 10.7 Å². The van der Waals surface area contributed by atoms with E-state index in [0.717, 1.165) is 17.0 Å². The Bertz CT molecular complexity index is 604. The lowest BCUT2D eigenvalue weighted by Gasteiger charge is -2.22. The van der Waals surface area contributed by atoms with Gasteiger partial charge in [0.1, 0.15) is 13.2 Å². The highest BCUT2D eigenvalue weighted by molar-refractivity contribution is 6.33. The highest BCUT2D eigenvalue weighted by Crippen LogP contribution is 2.39. The molecule has 0 fully saturated rings. The third-order valence-corrected chi connectivity index (χ3v) is 3.52. The number of benzene rings is 1. The topological polar surface area (TPSA) is 43.4 Å². The summed E-state index contributed by atoms with van der Waals surface area (Å²) < 4.78 is 11.1. The maximum atomic E-state index is 6.28. The average Bonchev–Trinajstić information content (AvgIpc) is 2.49. The Labute approximate surface area is 122 Å². The van der Waals surface area contributed by atoms with E-state index in [1.54, 1.807) is 18.5 Å². The molecule has 3 rings (SSSR count). The zero-order valence-corrected chi connectivity index (χ0v) is 11.9. The number of hydrogen-bond donors (Lipinski definition) is 1. The molecule has 0 saturated carbocycles. The molecule has 1 unspecified atom stereocenters. The maximum absolute atomic E-state index is 6.28. The van der Waals surface area contributed by atoms with E-state index >= 15 is 0 Å². The molecule has 1 aliphatic heterocycles. The third kappa shape index (κ3) is 2.65. The van der Waals surface area contributed by atoms with Crippen molar-refractivity contribution in [2.24, 2.45) is 0 Å². The van der Waals surface area contributed by atoms with Crippen LogP contribution in [0.5, 0.6) is 11.5 Å². The number of pyridine rings is 1. The van der Waals surface area contributed by atoms with Gasteiger partial charge in [0.2, 0.25) is 0 Å². The number of fused-ring (bicyclic) bond motifs is 1. The van der Waals surface area contributed by atoms with Crippen molar-refractivity contribution < 1.29 is 9.47 Å². The molecule has 1 atom stereocenters. The molecule has 5 heteroatoms. The molecule has 1 aromatic carbocycles. The second kappa shape index (κ2) is 5.59. The number of halogens is 1. The van der Waals surface area contributed by atoms with E-state index in [2.05, 4.69) is 17.2 Å². The predicted octanol–water partition coefficient (Wildman–Crippen LogP) is 3.68. The van der Waals surface area contributed by atoms with Crippen molar-refractivity contribution in [1.82, 2.24) is 4.98 Å². The Morgan fingerprint density at radius 2 is 1.80 bits per heavy atom. The van der Waals surface area contributed by atoms with Gasteiger partial charge in [0.15, 0.2) is 11.5 Å². The lowest BCUT2D eigenvalue weighted by atomic mass is 10.1. The summed E-state index contributed by atoms with van der Waals surface area (Å²) in [6, 6.07) is 7.75. The number of rotatable bonds is 3. The van der Waals surface area contributed by atoms with Crippen molar-refractivity contribution in [1.29, 1.82) is 0 Å². The molecule has 4 nitrogen and oxygen atoms in total. The Balaban J connectivity index is 1.84. The van der Waals surface area contributed by atoms with Gasteiger partial charge < -0.3 is 14.8 Å². The first-order valence-electron chi connectivity index (χ1n) is 6.49. The number of anilines is 1. The predicted molar refractivity (Wildman–Crippen MR) is 78.7 cm³/mol. The molecule has 0 amide bonds. The van der Waals surface area contributed by atoms with E-state index in [4.69, 9.17) is 21.1 Å². The first kappa shape index (κ1) is 13.1. The molecule has 1 aliphatic rings. The van der Waals surface area contributed by atoms with Crippen LogP contribution in [0.4, 0.5) is 5.69 Å². The van der Waals surface area contributed by atoms with Crippen molar-refractivity contribution in [3.8, 4) is 11.5 Å². The van der Waals surface area contributed by atoms with E-state index in [-0.39, 0.29) is 6.04 Å². The highest BCUT2D eigenvalue weighted by atomic mass is 35.5. The minimum Gasteiger partial charge on any atom is -0.486 e. The summed E-state index contributed by atoms with van der Waals surface area (Å²) in [4.78, 5) is 4.02. The molecule has 1 aromatic heterocycles. The van der Waals surface area contributed by atoms with Gasteiger partial charge in [-0.3, -0.25) is 4.98 Å². The van der Waals surface area contributed by atoms with Gasteiger partial charge in [-0.2, -0.15) is 0 Å². The molecule has 0 radical (unpaired) electrons. The summed E-state index contributed by atoms with van der Waals surface area (Å²) in [5, 5.41) is 4.00. The number of hydrogen-bond acceptors (Lipinski definition) is 4. The quantitative estimate of drug-likeness (QED) is 0.936. The number of nitrogens with one attached hydrogen (secondary N) is 1. The van der Waals surface area contributed by atoms with Crippen molar-refractivity contribution in [2.45, 2.75) is 13.0 Å². The fraction of sp³-hybridized carbons (Fsp3) is 0.267. The Morgan fingerprint density at radius 3 is 2.50 bits per heavy atom. The Morgan fingerprint density at radius 1 is 1.15 bits per heavy atom. The van der Waals surface area contributed by atoms with Crippen LogP contribution in [0.25, 0.3) is 0 Å². The monoisotopic (exact) mass is 290 g/mol. The lowest BCUT2D eigenvalue weighted by molar-refractivity contribution is 0.171. The number of nitrogens with zero attached hydrogens (tertiary/aromatic N) is 1. The summed E-state index contributed by atoms with van der Waals surface area (Å²) in [5.41, 5.74) is 1.98. The van der Waals surface area contributed by atoms with Crippen LogP contribution in [0.15, 0.2) is 36.7 Å². The second-order valence-corrected chi connectivity index (χ2v) is 5.03. The number of aromatic nitrogens is 1. The largest absolute Gasteiger partial charge is 0.486 e. The molecular weight excluding hydrogens is 276 g/mol. The van der Waals surface area contributed by atoms with Gasteiger partial charge in [-0.15, -0.1) is 0 Å². The summed E-state index contributed by atoms with van der Waals surface area (Å²) in [7, 11) is 0. The standard InChI is InChI=1S/C15H15ClN2O2/c1-10(11-2-4-17-5-3-11)18-13-9-15-14(8-12(13)16)19-6-7-20-15/h2-5,8-10,18H,6-7H2,1H3. The highest BCUT2D eigenvalue weighted by Gasteiger charge is 2.16. The van der Waals surface area contributed by atoms with Crippen LogP contribution in [0.2, 0.25) is 5.02 Å². The molecule has 0 saturated heterocycles. The van der Waals surface area contributed by atoms with Gasteiger partial charge in [0.25, 0.3) is 0 Å². The lowest BCUT2D eigenvalue weighted by Crippen LogP contribution is -2.16. The van der Waals surface area contributed by atoms with Gasteiger partial charge in [-0.25, -0.2) is 0 Å². The minimum absolute atomic E-state index is 0.123. The minimum atomic E-state index is 0.123. The van der Waals surface area contributed by atoms with Crippen molar-refractivity contribution in [3.63, 3.8) is 0 Å². The zero-order chi connectivity index (χ0) is 13.9. The summed E-state index contributed by atoms with van der Waals surface area (Å²) in [5.74, 6) is 1.42. The summed E-state index contributed by atoms with van der Waals surface area (Å²) >= 11 is 6.28. The summed E-state index contributed by atoms with van der Waals surface area (Å²) in [6.45, 7) is 3.19. The fourth-order valence-corrected chi connectivity index (χ4v) is 2.35. The normalized spacial score (nSPS) is 14.7. The molecule has 0 aliphatic carbocycles. The smallest absolute Gasteiger partial charge is 0.163 e. The van der Waals surface area contributed by atoms with E-state index in [1.807, 2.05) is 18.2 Å². The van der Waals surface area contributed by atoms with Gasteiger partial charge in [0, 0.05) is 30.6 Å². The molecular formula is C15H15ClN2O2. The van der Waals surface area contributed by atoms with Crippen LogP contribution >= 0.6 is 11.6 Å². The van der Waals surface area contributed by atoms with Gasteiger partial charge in [-0.1, -0.05) is 11.6 Å². The van der Waals surface area contributed by atoms with Crippen molar-refractivity contribution in [2.75, 3.05) is 18.5 Å². The second-order valence-electron chi connectivity index (χ2n) is 4.62. The number of ether oxygens (including phenoxy) is 2. The molecule has 0 spiro atoms. The Hall–Kier alpha value is -1.94. The SMILES string of the molecule is CC(Nc1cc2c(cc1Cl)OCCO2)c1ccncc1. The zero-order valence-electron chi connectivity index (χ0n) is 11.1. The molecule has 2 heterocycles. The molecule has 1 N–H and O–H groups in total. The van der Waals surface area contributed by atoms with Crippen LogP contribution in [-0.2, 0) is 0 Å². The van der Waals surface area contributed by atoms with E-state index < -0.39 is 0 Å². The first-order valence-corrected chi connectivity index (χ1v) is 6.87. The molecule has 2 aromatic rings. The van der Waals surface area contributed by atoms with Gasteiger partial charge in [-0.05, 0) is 24.6 Å². The van der Waals surface area contributed by atoms with Crippen LogP contribution in [0, 0.1) is 0 Å². The third-order valence-electron chi connectivity index (χ3n) is 3.21. The van der Waals surface area contributed by atoms with Crippen LogP contribution in [0.1, 0.15) is 18.5 Å². The molecule has 104 valence electrons. The van der Waals surface area contributed by atoms with E-state index in [0.29, 0.717) is 24.0 Å². The van der Waals surface area contributed by atoms with Crippen molar-refractivity contribution in [3.05, 3.63) is 47.2 Å². The van der Waals surface area contributed by atoms with Crippen LogP contribution < -0.4 is 14.8 Å². The van der Waals surface area contributed by atoms with Crippen LogP contribution in [0.3, 0.4) is 0 Å². The van der Waals surface area contributed by atoms with Gasteiger partial charge >= 0.3 is 0 Å². The summed E-state index contributed by atoms with van der Waals surface area (Å²) in [6.07, 6.45) is 3.55. The maximum Gasteiger partial charge on any atom is 0.163 e. The molecule has 20 heavy (non-hydrogen) atoms. The van der Waals surface area contributed by atoms with E-state index in [9.17, 15) is 0 Å². The Kier molecular flexibility index (Phi) is 3.65.